The number of ether oxygens (including phenoxy) is 2. The number of fused-ring (bicyclic) bond motifs is 3. The van der Waals surface area contributed by atoms with Crippen molar-refractivity contribution in [1.82, 2.24) is 15.1 Å². The van der Waals surface area contributed by atoms with E-state index in [1.807, 2.05) is 48.5 Å². The fourth-order valence-electron chi connectivity index (χ4n) is 4.70. The van der Waals surface area contributed by atoms with Gasteiger partial charge in [0.2, 0.25) is 0 Å². The van der Waals surface area contributed by atoms with Gasteiger partial charge in [0.05, 0.1) is 12.8 Å². The van der Waals surface area contributed by atoms with Crippen molar-refractivity contribution in [1.29, 1.82) is 0 Å². The van der Waals surface area contributed by atoms with Gasteiger partial charge in [0.25, 0.3) is 5.91 Å². The molecule has 3 aromatic rings. The molecule has 180 valence electrons. The number of aryl methyl sites for hydroxylation is 1. The molecule has 35 heavy (non-hydrogen) atoms. The highest BCUT2D eigenvalue weighted by molar-refractivity contribution is 6.04. The molecule has 0 saturated carbocycles. The molecule has 1 fully saturated rings. The normalized spacial score (nSPS) is 18.5. The number of rotatable bonds is 6. The number of nitrogens with one attached hydrogen (secondary N) is 2. The van der Waals surface area contributed by atoms with Gasteiger partial charge in [0.15, 0.2) is 0 Å². The smallest absolute Gasteiger partial charge is 0.408 e. The highest BCUT2D eigenvalue weighted by atomic mass is 16.6. The lowest BCUT2D eigenvalue weighted by Gasteiger charge is -2.27. The summed E-state index contributed by atoms with van der Waals surface area (Å²) in [7, 11) is 1.51. The summed E-state index contributed by atoms with van der Waals surface area (Å²) in [6.45, 7) is 0.293. The van der Waals surface area contributed by atoms with Crippen molar-refractivity contribution < 1.29 is 29.0 Å². The first-order chi connectivity index (χ1) is 16.9. The third-order valence-electron chi connectivity index (χ3n) is 6.54. The molecule has 1 saturated heterocycles. The molecule has 0 spiro atoms. The third-order valence-corrected chi connectivity index (χ3v) is 6.54. The Labute approximate surface area is 200 Å². The lowest BCUT2D eigenvalue weighted by atomic mass is 9.97. The van der Waals surface area contributed by atoms with Crippen LogP contribution in [0.1, 0.15) is 33.8 Å². The van der Waals surface area contributed by atoms with Crippen LogP contribution in [-0.2, 0) is 21.3 Å². The zero-order chi connectivity index (χ0) is 24.6. The summed E-state index contributed by atoms with van der Waals surface area (Å²) in [5, 5.41) is 18.5. The van der Waals surface area contributed by atoms with Crippen molar-refractivity contribution >= 4 is 23.8 Å². The van der Waals surface area contributed by atoms with Gasteiger partial charge in [-0.15, -0.1) is 0 Å². The van der Waals surface area contributed by atoms with Crippen molar-refractivity contribution in [2.45, 2.75) is 17.9 Å². The van der Waals surface area contributed by atoms with E-state index in [9.17, 15) is 19.5 Å². The first-order valence-corrected chi connectivity index (χ1v) is 11.2. The number of carboxylic acids is 1. The number of amides is 2. The van der Waals surface area contributed by atoms with E-state index in [-0.39, 0.29) is 43.5 Å². The fourth-order valence-corrected chi connectivity index (χ4v) is 4.70. The van der Waals surface area contributed by atoms with E-state index in [0.29, 0.717) is 0 Å². The van der Waals surface area contributed by atoms with Crippen LogP contribution in [0.25, 0.3) is 11.1 Å². The standard InChI is InChI=1S/C25H24N4O6/c1-29-21(19(12-26-29)22(30)31)27-23(32)25(10-11-34-14-25)28-24(33)35-13-20-17-8-4-2-6-15(17)16-7-3-5-9-18(16)20/h2-9,12,20H,10-11,13-14H2,1H3,(H,27,32)(H,28,33)(H,30,31). The van der Waals surface area contributed by atoms with E-state index >= 15 is 0 Å². The summed E-state index contributed by atoms with van der Waals surface area (Å²) < 4.78 is 12.3. The summed E-state index contributed by atoms with van der Waals surface area (Å²) in [4.78, 5) is 37.5. The van der Waals surface area contributed by atoms with Crippen LogP contribution < -0.4 is 10.6 Å². The predicted octanol–water partition coefficient (Wildman–Crippen LogP) is 2.75. The molecule has 10 nitrogen and oxygen atoms in total. The fraction of sp³-hybridized carbons (Fsp3) is 0.280. The van der Waals surface area contributed by atoms with E-state index in [1.54, 1.807) is 0 Å². The third kappa shape index (κ3) is 4.01. The maximum Gasteiger partial charge on any atom is 0.408 e. The van der Waals surface area contributed by atoms with Crippen LogP contribution in [0, 0.1) is 0 Å². The second kappa shape index (κ2) is 8.88. The summed E-state index contributed by atoms with van der Waals surface area (Å²) in [5.74, 6) is -1.93. The molecule has 5 rings (SSSR count). The Balaban J connectivity index is 1.30. The van der Waals surface area contributed by atoms with Crippen LogP contribution in [0.4, 0.5) is 10.6 Å². The molecular weight excluding hydrogens is 452 g/mol. The Kier molecular flexibility index (Phi) is 5.73. The summed E-state index contributed by atoms with van der Waals surface area (Å²) in [5.41, 5.74) is 2.83. The van der Waals surface area contributed by atoms with Gasteiger partial charge >= 0.3 is 12.1 Å². The van der Waals surface area contributed by atoms with E-state index in [4.69, 9.17) is 9.47 Å². The average molecular weight is 476 g/mol. The SMILES string of the molecule is Cn1ncc(C(=O)O)c1NC(=O)C1(NC(=O)OCC2c3ccccc3-c3ccccc32)CCOC1. The predicted molar refractivity (Wildman–Crippen MR) is 125 cm³/mol. The van der Waals surface area contributed by atoms with Crippen LogP contribution in [0.2, 0.25) is 0 Å². The number of carbonyl (C=O) groups excluding carboxylic acids is 2. The molecule has 0 radical (unpaired) electrons. The number of anilines is 1. The highest BCUT2D eigenvalue weighted by Crippen LogP contribution is 2.44. The number of aromatic carboxylic acids is 1. The maximum atomic E-state index is 13.2. The molecule has 2 heterocycles. The van der Waals surface area contributed by atoms with Gasteiger partial charge in [0, 0.05) is 26.0 Å². The van der Waals surface area contributed by atoms with Crippen molar-refractivity contribution in [3.8, 4) is 11.1 Å². The first kappa shape index (κ1) is 22.6. The number of benzene rings is 2. The Morgan fingerprint density at radius 2 is 1.80 bits per heavy atom. The molecule has 10 heteroatoms. The Hall–Kier alpha value is -4.18. The molecule has 1 aliphatic heterocycles. The van der Waals surface area contributed by atoms with Crippen LogP contribution in [0.5, 0.6) is 0 Å². The van der Waals surface area contributed by atoms with E-state index in [2.05, 4.69) is 15.7 Å². The maximum absolute atomic E-state index is 13.2. The van der Waals surface area contributed by atoms with Crippen molar-refractivity contribution in [2.75, 3.05) is 25.1 Å². The zero-order valence-corrected chi connectivity index (χ0v) is 19.0. The molecular formula is C25H24N4O6. The van der Waals surface area contributed by atoms with Crippen LogP contribution >= 0.6 is 0 Å². The van der Waals surface area contributed by atoms with Gasteiger partial charge in [-0.05, 0) is 22.3 Å². The highest BCUT2D eigenvalue weighted by Gasteiger charge is 2.45. The number of hydrogen-bond acceptors (Lipinski definition) is 6. The number of carbonyl (C=O) groups is 3. The minimum absolute atomic E-state index is 0.0168. The molecule has 0 bridgehead atoms. The summed E-state index contributed by atoms with van der Waals surface area (Å²) >= 11 is 0. The van der Waals surface area contributed by atoms with Gasteiger partial charge in [-0.1, -0.05) is 48.5 Å². The number of nitrogens with zero attached hydrogens (tertiary/aromatic N) is 2. The van der Waals surface area contributed by atoms with E-state index in [0.717, 1.165) is 28.5 Å². The van der Waals surface area contributed by atoms with Crippen molar-refractivity contribution in [3.05, 3.63) is 71.4 Å². The van der Waals surface area contributed by atoms with E-state index < -0.39 is 23.5 Å². The first-order valence-electron chi connectivity index (χ1n) is 11.2. The summed E-state index contributed by atoms with van der Waals surface area (Å²) in [6.07, 6.45) is 0.605. The number of aromatic nitrogens is 2. The van der Waals surface area contributed by atoms with Gasteiger partial charge in [0.1, 0.15) is 23.5 Å². The van der Waals surface area contributed by atoms with Crippen LogP contribution in [-0.4, -0.2) is 58.2 Å². The second-order valence-electron chi connectivity index (χ2n) is 8.62. The lowest BCUT2D eigenvalue weighted by molar-refractivity contribution is -0.122. The number of hydrogen-bond donors (Lipinski definition) is 3. The quantitative estimate of drug-likeness (QED) is 0.498. The minimum Gasteiger partial charge on any atom is -0.477 e. The number of alkyl carbamates (subject to hydrolysis) is 1. The average Bonchev–Trinajstić information content (AvgIpc) is 3.55. The minimum atomic E-state index is -1.40. The molecule has 3 N–H and O–H groups in total. The topological polar surface area (TPSA) is 132 Å². The van der Waals surface area contributed by atoms with Gasteiger partial charge in [-0.3, -0.25) is 9.48 Å². The lowest BCUT2D eigenvalue weighted by Crippen LogP contribution is -2.57. The molecule has 1 aliphatic carbocycles. The second-order valence-corrected chi connectivity index (χ2v) is 8.62. The largest absolute Gasteiger partial charge is 0.477 e. The monoisotopic (exact) mass is 476 g/mol. The van der Waals surface area contributed by atoms with Crippen molar-refractivity contribution in [3.63, 3.8) is 0 Å². The zero-order valence-electron chi connectivity index (χ0n) is 19.0. The molecule has 1 aromatic heterocycles. The summed E-state index contributed by atoms with van der Waals surface area (Å²) in [6, 6.07) is 16.0. The van der Waals surface area contributed by atoms with Crippen LogP contribution in [0.15, 0.2) is 54.7 Å². The molecule has 1 unspecified atom stereocenters. The number of carboxylic acid groups (broad SMARTS) is 1. The molecule has 2 aliphatic rings. The van der Waals surface area contributed by atoms with E-state index in [1.165, 1.54) is 11.7 Å². The Morgan fingerprint density at radius 3 is 2.40 bits per heavy atom. The molecule has 2 aromatic carbocycles. The Bertz CT molecular complexity index is 1270. The van der Waals surface area contributed by atoms with Crippen molar-refractivity contribution in [2.24, 2.45) is 7.05 Å². The molecule has 2 amide bonds. The van der Waals surface area contributed by atoms with Crippen LogP contribution in [0.3, 0.4) is 0 Å². The van der Waals surface area contributed by atoms with Gasteiger partial charge in [-0.2, -0.15) is 5.10 Å². The van der Waals surface area contributed by atoms with Gasteiger partial charge in [-0.25, -0.2) is 9.59 Å². The molecule has 1 atom stereocenters. The van der Waals surface area contributed by atoms with Gasteiger partial charge < -0.3 is 25.2 Å². The Morgan fingerprint density at radius 1 is 1.14 bits per heavy atom.